The summed E-state index contributed by atoms with van der Waals surface area (Å²) in [5.41, 5.74) is 2.67. The van der Waals surface area contributed by atoms with Crippen molar-refractivity contribution in [2.75, 3.05) is 25.6 Å². The second kappa shape index (κ2) is 7.23. The van der Waals surface area contributed by atoms with E-state index < -0.39 is 18.1 Å². The molecule has 1 aliphatic carbocycles. The highest BCUT2D eigenvalue weighted by Crippen LogP contribution is 2.32. The molecule has 1 saturated carbocycles. The number of nitrogens with zero attached hydrogens (tertiary/aromatic N) is 6. The average Bonchev–Trinajstić information content (AvgIpc) is 3.26. The first kappa shape index (κ1) is 19.1. The Morgan fingerprint density at radius 2 is 2.22 bits per heavy atom. The zero-order chi connectivity index (χ0) is 21.8. The zero-order valence-electron chi connectivity index (χ0n) is 17.3. The van der Waals surface area contributed by atoms with Crippen LogP contribution < -0.4 is 10.6 Å². The fourth-order valence-corrected chi connectivity index (χ4v) is 4.11. The summed E-state index contributed by atoms with van der Waals surface area (Å²) in [6.07, 6.45) is 3.41. The van der Waals surface area contributed by atoms with Crippen LogP contribution in [0.4, 0.5) is 10.2 Å². The molecule has 4 aromatic heterocycles. The predicted molar refractivity (Wildman–Crippen MR) is 114 cm³/mol. The van der Waals surface area contributed by atoms with Crippen LogP contribution in [0.25, 0.3) is 28.1 Å². The van der Waals surface area contributed by atoms with Gasteiger partial charge in [-0.05, 0) is 18.6 Å². The first-order valence-corrected chi connectivity index (χ1v) is 10.6. The van der Waals surface area contributed by atoms with Gasteiger partial charge in [0.25, 0.3) is 5.91 Å². The standard InChI is InChI=1S/C21H21FN8O2/c1-23-17-8-16(26-20-13(9-25-30(17)20)21(31)27-15-7-14(15)22)18-12-3-2-5-24-19(12)29(28-18)11-4-6-32-10-11/h2-3,5,8-9,11,14-15,23H,4,6-7,10H2,1H3,(H,27,31)/t11?,14-,15?/m1/s1. The number of halogens is 1. The Hall–Kier alpha value is -3.60. The molecular formula is C21H21FN8O2. The Balaban J connectivity index is 1.50. The summed E-state index contributed by atoms with van der Waals surface area (Å²) >= 11 is 0. The SMILES string of the molecule is CNc1cc(-c2nn(C3CCOC3)c3ncccc23)nc2c(C(=O)NC3C[C@H]3F)cnn12. The van der Waals surface area contributed by atoms with Gasteiger partial charge in [0.15, 0.2) is 11.3 Å². The minimum Gasteiger partial charge on any atom is -0.379 e. The van der Waals surface area contributed by atoms with E-state index in [1.165, 1.54) is 6.20 Å². The van der Waals surface area contributed by atoms with Gasteiger partial charge in [-0.1, -0.05) is 0 Å². The van der Waals surface area contributed by atoms with Crippen molar-refractivity contribution in [1.29, 1.82) is 0 Å². The number of alkyl halides is 1. The smallest absolute Gasteiger partial charge is 0.257 e. The number of amides is 1. The minimum absolute atomic E-state index is 0.108. The summed E-state index contributed by atoms with van der Waals surface area (Å²) in [4.78, 5) is 22.0. The van der Waals surface area contributed by atoms with Gasteiger partial charge in [-0.2, -0.15) is 14.7 Å². The number of hydrogen-bond acceptors (Lipinski definition) is 7. The van der Waals surface area contributed by atoms with Crippen molar-refractivity contribution in [3.8, 4) is 11.4 Å². The van der Waals surface area contributed by atoms with Crippen LogP contribution in [0.1, 0.15) is 29.2 Å². The molecule has 1 saturated heterocycles. The topological polar surface area (TPSA) is 111 Å². The molecule has 3 atom stereocenters. The molecule has 32 heavy (non-hydrogen) atoms. The van der Waals surface area contributed by atoms with Crippen molar-refractivity contribution in [3.63, 3.8) is 0 Å². The number of ether oxygens (including phenoxy) is 1. The van der Waals surface area contributed by atoms with Crippen LogP contribution in [0.5, 0.6) is 0 Å². The van der Waals surface area contributed by atoms with Crippen LogP contribution in [0.3, 0.4) is 0 Å². The van der Waals surface area contributed by atoms with Crippen LogP contribution >= 0.6 is 0 Å². The van der Waals surface area contributed by atoms with Gasteiger partial charge >= 0.3 is 0 Å². The highest BCUT2D eigenvalue weighted by molar-refractivity contribution is 6.01. The summed E-state index contributed by atoms with van der Waals surface area (Å²) in [5, 5.41) is 15.8. The summed E-state index contributed by atoms with van der Waals surface area (Å²) in [6.45, 7) is 1.28. The van der Waals surface area contributed by atoms with Gasteiger partial charge in [-0.25, -0.2) is 19.0 Å². The minimum atomic E-state index is -0.987. The van der Waals surface area contributed by atoms with Gasteiger partial charge in [0.05, 0.1) is 30.6 Å². The van der Waals surface area contributed by atoms with Crippen molar-refractivity contribution in [3.05, 3.63) is 36.2 Å². The molecule has 2 N–H and O–H groups in total. The molecule has 0 spiro atoms. The predicted octanol–water partition coefficient (Wildman–Crippen LogP) is 1.98. The van der Waals surface area contributed by atoms with Crippen molar-refractivity contribution in [1.82, 2.24) is 34.7 Å². The Morgan fingerprint density at radius 1 is 1.34 bits per heavy atom. The molecular weight excluding hydrogens is 415 g/mol. The van der Waals surface area contributed by atoms with E-state index in [1.807, 2.05) is 22.9 Å². The Morgan fingerprint density at radius 3 is 2.97 bits per heavy atom. The van der Waals surface area contributed by atoms with E-state index in [1.54, 1.807) is 17.8 Å². The molecule has 4 aromatic rings. The van der Waals surface area contributed by atoms with Gasteiger partial charge in [-0.15, -0.1) is 0 Å². The van der Waals surface area contributed by atoms with Crippen molar-refractivity contribution in [2.24, 2.45) is 0 Å². The molecule has 0 radical (unpaired) electrons. The number of carbonyl (C=O) groups excluding carboxylic acids is 1. The van der Waals surface area contributed by atoms with Crippen LogP contribution in [-0.2, 0) is 4.74 Å². The summed E-state index contributed by atoms with van der Waals surface area (Å²) < 4.78 is 22.3. The molecule has 5 heterocycles. The maximum atomic E-state index is 13.3. The molecule has 10 nitrogen and oxygen atoms in total. The van der Waals surface area contributed by atoms with Crippen LogP contribution in [0, 0.1) is 0 Å². The summed E-state index contributed by atoms with van der Waals surface area (Å²) in [6, 6.07) is 5.33. The molecule has 1 amide bonds. The third kappa shape index (κ3) is 3.00. The van der Waals surface area contributed by atoms with E-state index >= 15 is 0 Å². The Bertz CT molecular complexity index is 1340. The van der Waals surface area contributed by atoms with Crippen LogP contribution in [0.2, 0.25) is 0 Å². The van der Waals surface area contributed by atoms with Gasteiger partial charge in [0.1, 0.15) is 23.2 Å². The third-order valence-electron chi connectivity index (χ3n) is 5.96. The number of carbonyl (C=O) groups is 1. The first-order valence-electron chi connectivity index (χ1n) is 10.6. The number of pyridine rings is 1. The van der Waals surface area contributed by atoms with E-state index in [4.69, 9.17) is 14.8 Å². The highest BCUT2D eigenvalue weighted by atomic mass is 19.1. The Kier molecular flexibility index (Phi) is 4.32. The number of fused-ring (bicyclic) bond motifs is 2. The van der Waals surface area contributed by atoms with Gasteiger partial charge < -0.3 is 15.4 Å². The van der Waals surface area contributed by atoms with Crippen molar-refractivity contribution < 1.29 is 13.9 Å². The molecule has 164 valence electrons. The molecule has 2 unspecified atom stereocenters. The Labute approximate surface area is 181 Å². The van der Waals surface area contributed by atoms with E-state index in [0.717, 1.165) is 17.5 Å². The summed E-state index contributed by atoms with van der Waals surface area (Å²) in [7, 11) is 1.77. The molecule has 1 aliphatic heterocycles. The van der Waals surface area contributed by atoms with E-state index in [9.17, 15) is 9.18 Å². The number of aromatic nitrogens is 6. The highest BCUT2D eigenvalue weighted by Gasteiger charge is 2.39. The largest absolute Gasteiger partial charge is 0.379 e. The second-order valence-electron chi connectivity index (χ2n) is 8.09. The van der Waals surface area contributed by atoms with Gasteiger partial charge in [0.2, 0.25) is 0 Å². The molecule has 2 aliphatic rings. The second-order valence-corrected chi connectivity index (χ2v) is 8.09. The maximum Gasteiger partial charge on any atom is 0.257 e. The molecule has 11 heteroatoms. The fourth-order valence-electron chi connectivity index (χ4n) is 4.11. The lowest BCUT2D eigenvalue weighted by Crippen LogP contribution is -2.27. The number of anilines is 1. The quantitative estimate of drug-likeness (QED) is 0.492. The van der Waals surface area contributed by atoms with E-state index in [-0.39, 0.29) is 11.6 Å². The molecule has 2 fully saturated rings. The molecule has 6 rings (SSSR count). The van der Waals surface area contributed by atoms with Gasteiger partial charge in [0, 0.05) is 37.7 Å². The zero-order valence-corrected chi connectivity index (χ0v) is 17.3. The number of nitrogens with one attached hydrogen (secondary N) is 2. The van der Waals surface area contributed by atoms with Crippen LogP contribution in [0.15, 0.2) is 30.6 Å². The van der Waals surface area contributed by atoms with E-state index in [0.29, 0.717) is 42.5 Å². The number of hydrogen-bond donors (Lipinski definition) is 2. The number of rotatable bonds is 5. The lowest BCUT2D eigenvalue weighted by molar-refractivity contribution is 0.0949. The lowest BCUT2D eigenvalue weighted by atomic mass is 10.2. The molecule has 0 bridgehead atoms. The average molecular weight is 436 g/mol. The normalized spacial score (nSPS) is 22.5. The maximum absolute atomic E-state index is 13.3. The molecule has 0 aromatic carbocycles. The van der Waals surface area contributed by atoms with Gasteiger partial charge in [-0.3, -0.25) is 4.79 Å². The van der Waals surface area contributed by atoms with E-state index in [2.05, 4.69) is 20.7 Å². The van der Waals surface area contributed by atoms with Crippen molar-refractivity contribution >= 4 is 28.4 Å². The summed E-state index contributed by atoms with van der Waals surface area (Å²) in [5.74, 6) is 0.256. The first-order chi connectivity index (χ1) is 15.6. The fraction of sp³-hybridized carbons (Fsp3) is 0.381. The van der Waals surface area contributed by atoms with Crippen molar-refractivity contribution in [2.45, 2.75) is 31.1 Å². The lowest BCUT2D eigenvalue weighted by Gasteiger charge is -2.09. The van der Waals surface area contributed by atoms with Crippen LogP contribution in [-0.4, -0.2) is 67.7 Å². The third-order valence-corrected chi connectivity index (χ3v) is 5.96. The monoisotopic (exact) mass is 436 g/mol.